The molecule has 3 atom stereocenters. The summed E-state index contributed by atoms with van der Waals surface area (Å²) in [4.78, 5) is 2.49. The van der Waals surface area contributed by atoms with Gasteiger partial charge in [0.2, 0.25) is 0 Å². The van der Waals surface area contributed by atoms with E-state index in [9.17, 15) is 0 Å². The molecular weight excluding hydrogens is 248 g/mol. The predicted molar refractivity (Wildman–Crippen MR) is 83.9 cm³/mol. The minimum Gasteiger partial charge on any atom is -0.377 e. The zero-order valence-corrected chi connectivity index (χ0v) is 13.2. The summed E-state index contributed by atoms with van der Waals surface area (Å²) in [5, 5.41) is 3.58. The molecule has 1 aromatic carbocycles. The molecule has 20 heavy (non-hydrogen) atoms. The second kappa shape index (κ2) is 7.21. The third kappa shape index (κ3) is 3.81. The Labute approximate surface area is 123 Å². The van der Waals surface area contributed by atoms with Crippen LogP contribution < -0.4 is 5.32 Å². The maximum Gasteiger partial charge on any atom is 0.0703 e. The van der Waals surface area contributed by atoms with E-state index in [-0.39, 0.29) is 0 Å². The lowest BCUT2D eigenvalue weighted by Crippen LogP contribution is -2.44. The quantitative estimate of drug-likeness (QED) is 0.864. The molecule has 112 valence electrons. The average molecular weight is 276 g/mol. The van der Waals surface area contributed by atoms with E-state index in [4.69, 9.17) is 4.74 Å². The van der Waals surface area contributed by atoms with Crippen LogP contribution in [0.15, 0.2) is 30.3 Å². The Balaban J connectivity index is 2.13. The van der Waals surface area contributed by atoms with Crippen LogP contribution in [0.2, 0.25) is 0 Å². The lowest BCUT2D eigenvalue weighted by atomic mass is 10.0. The Kier molecular flexibility index (Phi) is 5.58. The first-order valence-corrected chi connectivity index (χ1v) is 7.71. The van der Waals surface area contributed by atoms with Gasteiger partial charge >= 0.3 is 0 Å². The number of hydrogen-bond donors (Lipinski definition) is 1. The number of rotatable bonds is 6. The summed E-state index contributed by atoms with van der Waals surface area (Å²) in [6, 6.07) is 12.2. The molecule has 1 heterocycles. The van der Waals surface area contributed by atoms with Crippen molar-refractivity contribution in [1.82, 2.24) is 10.2 Å². The number of nitrogens with one attached hydrogen (secondary N) is 1. The monoisotopic (exact) mass is 276 g/mol. The second-order valence-electron chi connectivity index (χ2n) is 6.09. The topological polar surface area (TPSA) is 24.5 Å². The summed E-state index contributed by atoms with van der Waals surface area (Å²) in [6.07, 6.45) is 1.45. The van der Waals surface area contributed by atoms with Crippen LogP contribution in [0.1, 0.15) is 38.8 Å². The summed E-state index contributed by atoms with van der Waals surface area (Å²) in [5.41, 5.74) is 1.38. The van der Waals surface area contributed by atoms with E-state index >= 15 is 0 Å². The number of nitrogens with zero attached hydrogens (tertiary/aromatic N) is 1. The number of likely N-dealkylation sites (N-methyl/N-ethyl adjacent to an activating group) is 1. The maximum absolute atomic E-state index is 5.74. The molecule has 0 aromatic heterocycles. The number of hydrogen-bond acceptors (Lipinski definition) is 3. The molecule has 1 aromatic rings. The Morgan fingerprint density at radius 3 is 2.55 bits per heavy atom. The van der Waals surface area contributed by atoms with E-state index in [1.165, 1.54) is 5.56 Å². The van der Waals surface area contributed by atoms with Crippen LogP contribution >= 0.6 is 0 Å². The zero-order valence-electron chi connectivity index (χ0n) is 13.2. The van der Waals surface area contributed by atoms with Crippen LogP contribution in [-0.4, -0.2) is 43.3 Å². The van der Waals surface area contributed by atoms with Crippen LogP contribution in [0.4, 0.5) is 0 Å². The molecule has 1 aliphatic heterocycles. The van der Waals surface area contributed by atoms with E-state index in [0.29, 0.717) is 24.2 Å². The summed E-state index contributed by atoms with van der Waals surface area (Å²) >= 11 is 0. The van der Waals surface area contributed by atoms with Gasteiger partial charge < -0.3 is 10.1 Å². The molecule has 1 N–H and O–H groups in total. The molecule has 0 bridgehead atoms. The van der Waals surface area contributed by atoms with Crippen molar-refractivity contribution in [1.29, 1.82) is 0 Å². The van der Waals surface area contributed by atoms with Crippen molar-refractivity contribution in [3.05, 3.63) is 35.9 Å². The third-order valence-electron chi connectivity index (χ3n) is 4.25. The van der Waals surface area contributed by atoms with Crippen molar-refractivity contribution in [2.75, 3.05) is 20.2 Å². The first kappa shape index (κ1) is 15.5. The first-order valence-electron chi connectivity index (χ1n) is 7.71. The largest absolute Gasteiger partial charge is 0.377 e. The van der Waals surface area contributed by atoms with Gasteiger partial charge in [-0.2, -0.15) is 0 Å². The van der Waals surface area contributed by atoms with E-state index < -0.39 is 0 Å². The molecule has 0 aliphatic carbocycles. The van der Waals surface area contributed by atoms with Gasteiger partial charge in [-0.3, -0.25) is 4.90 Å². The van der Waals surface area contributed by atoms with Gasteiger partial charge in [-0.05, 0) is 26.0 Å². The highest BCUT2D eigenvalue weighted by atomic mass is 16.5. The summed E-state index contributed by atoms with van der Waals surface area (Å²) in [6.45, 7) is 8.44. The van der Waals surface area contributed by atoms with Crippen molar-refractivity contribution in [3.8, 4) is 0 Å². The predicted octanol–water partition coefficient (Wildman–Crippen LogP) is 2.83. The normalized spacial score (nSPS) is 24.5. The van der Waals surface area contributed by atoms with E-state index in [1.807, 2.05) is 0 Å². The fourth-order valence-corrected chi connectivity index (χ4v) is 3.01. The summed E-state index contributed by atoms with van der Waals surface area (Å²) < 4.78 is 5.74. The Morgan fingerprint density at radius 1 is 1.30 bits per heavy atom. The van der Waals surface area contributed by atoms with Crippen molar-refractivity contribution < 1.29 is 4.74 Å². The molecular formula is C17H28N2O. The third-order valence-corrected chi connectivity index (χ3v) is 4.25. The van der Waals surface area contributed by atoms with E-state index in [2.05, 4.69) is 68.4 Å². The molecule has 3 unspecified atom stereocenters. The molecule has 0 radical (unpaired) electrons. The van der Waals surface area contributed by atoms with Crippen molar-refractivity contribution in [2.45, 2.75) is 51.4 Å². The molecule has 0 spiro atoms. The Hall–Kier alpha value is -0.900. The average Bonchev–Trinajstić information content (AvgIpc) is 2.86. The lowest BCUT2D eigenvalue weighted by molar-refractivity contribution is 0.0665. The standard InChI is InChI=1S/C17H28N2O/c1-13(2)18-12-17(15-8-6-5-7-9-15)19(4)16-10-11-20-14(16)3/h5-9,13-14,16-18H,10-12H2,1-4H3. The van der Waals surface area contributed by atoms with Crippen LogP contribution in [0.5, 0.6) is 0 Å². The van der Waals surface area contributed by atoms with Crippen LogP contribution in [0.3, 0.4) is 0 Å². The number of benzene rings is 1. The van der Waals surface area contributed by atoms with Gasteiger partial charge in [0.15, 0.2) is 0 Å². The molecule has 1 saturated heterocycles. The molecule has 0 amide bonds. The fraction of sp³-hybridized carbons (Fsp3) is 0.647. The van der Waals surface area contributed by atoms with Crippen LogP contribution in [0, 0.1) is 0 Å². The van der Waals surface area contributed by atoms with Gasteiger partial charge in [0, 0.05) is 31.3 Å². The van der Waals surface area contributed by atoms with Crippen molar-refractivity contribution in [2.24, 2.45) is 0 Å². The van der Waals surface area contributed by atoms with Gasteiger partial charge in [-0.1, -0.05) is 44.2 Å². The van der Waals surface area contributed by atoms with Gasteiger partial charge in [-0.15, -0.1) is 0 Å². The summed E-state index contributed by atoms with van der Waals surface area (Å²) in [5.74, 6) is 0. The van der Waals surface area contributed by atoms with Gasteiger partial charge in [0.25, 0.3) is 0 Å². The van der Waals surface area contributed by atoms with Gasteiger partial charge in [0.1, 0.15) is 0 Å². The van der Waals surface area contributed by atoms with Gasteiger partial charge in [0.05, 0.1) is 6.10 Å². The smallest absolute Gasteiger partial charge is 0.0703 e. The number of ether oxygens (including phenoxy) is 1. The molecule has 2 rings (SSSR count). The summed E-state index contributed by atoms with van der Waals surface area (Å²) in [7, 11) is 2.23. The highest BCUT2D eigenvalue weighted by molar-refractivity contribution is 5.20. The molecule has 1 aliphatic rings. The Morgan fingerprint density at radius 2 is 2.00 bits per heavy atom. The van der Waals surface area contributed by atoms with E-state index in [1.54, 1.807) is 0 Å². The fourth-order valence-electron chi connectivity index (χ4n) is 3.01. The highest BCUT2D eigenvalue weighted by Crippen LogP contribution is 2.27. The minimum atomic E-state index is 0.324. The Bertz CT molecular complexity index is 393. The molecule has 3 heteroatoms. The first-order chi connectivity index (χ1) is 9.59. The van der Waals surface area contributed by atoms with Crippen LogP contribution in [-0.2, 0) is 4.74 Å². The zero-order chi connectivity index (χ0) is 14.5. The molecule has 1 fully saturated rings. The van der Waals surface area contributed by atoms with Crippen molar-refractivity contribution >= 4 is 0 Å². The molecule has 3 nitrogen and oxygen atoms in total. The highest BCUT2D eigenvalue weighted by Gasteiger charge is 2.32. The maximum atomic E-state index is 5.74. The SMILES string of the molecule is CC(C)NCC(c1ccccc1)N(C)C1CCOC1C. The molecule has 0 saturated carbocycles. The minimum absolute atomic E-state index is 0.324. The van der Waals surface area contributed by atoms with Gasteiger partial charge in [-0.25, -0.2) is 0 Å². The van der Waals surface area contributed by atoms with E-state index in [0.717, 1.165) is 19.6 Å². The van der Waals surface area contributed by atoms with Crippen molar-refractivity contribution in [3.63, 3.8) is 0 Å². The van der Waals surface area contributed by atoms with Crippen LogP contribution in [0.25, 0.3) is 0 Å². The lowest BCUT2D eigenvalue weighted by Gasteiger charge is -2.35. The second-order valence-corrected chi connectivity index (χ2v) is 6.09.